The zero-order chi connectivity index (χ0) is 24.7. The van der Waals surface area contributed by atoms with Crippen molar-refractivity contribution in [3.05, 3.63) is 75.5 Å². The van der Waals surface area contributed by atoms with Gasteiger partial charge in [0, 0.05) is 30.1 Å². The first kappa shape index (κ1) is 22.7. The zero-order valence-corrected chi connectivity index (χ0v) is 19.1. The summed E-state index contributed by atoms with van der Waals surface area (Å²) in [5.74, 6) is -2.84. The number of likely N-dealkylation sites (tertiary alicyclic amines) is 1. The van der Waals surface area contributed by atoms with Crippen LogP contribution < -0.4 is 5.32 Å². The third-order valence-corrected chi connectivity index (χ3v) is 6.89. The number of nitro benzene ring substituents is 1. The number of nitro groups is 1. The summed E-state index contributed by atoms with van der Waals surface area (Å²) in [5, 5.41) is 15.7. The number of hydrogen-bond donors (Lipinski definition) is 2. The van der Waals surface area contributed by atoms with Crippen molar-refractivity contribution >= 4 is 34.4 Å². The van der Waals surface area contributed by atoms with Gasteiger partial charge in [-0.2, -0.15) is 0 Å². The summed E-state index contributed by atoms with van der Waals surface area (Å²) in [7, 11) is 0. The number of benzene rings is 2. The van der Waals surface area contributed by atoms with E-state index in [1.165, 1.54) is 24.3 Å². The van der Waals surface area contributed by atoms with Gasteiger partial charge in [-0.15, -0.1) is 0 Å². The summed E-state index contributed by atoms with van der Waals surface area (Å²) in [4.78, 5) is 55.6. The van der Waals surface area contributed by atoms with Crippen molar-refractivity contribution in [1.29, 1.82) is 0 Å². The zero-order valence-electron chi connectivity index (χ0n) is 19.1. The van der Waals surface area contributed by atoms with Crippen LogP contribution in [0.4, 0.5) is 5.69 Å². The Hall–Kier alpha value is -4.05. The number of H-pyrrole nitrogens is 1. The highest BCUT2D eigenvalue weighted by atomic mass is 16.6. The van der Waals surface area contributed by atoms with Gasteiger partial charge in [-0.1, -0.05) is 30.3 Å². The molecule has 3 aromatic rings. The highest BCUT2D eigenvalue weighted by Gasteiger charge is 2.58. The van der Waals surface area contributed by atoms with E-state index in [4.69, 9.17) is 4.74 Å². The summed E-state index contributed by atoms with van der Waals surface area (Å²) in [6.45, 7) is 2.29. The first-order chi connectivity index (χ1) is 16.9. The quantitative estimate of drug-likeness (QED) is 0.250. The van der Waals surface area contributed by atoms with Crippen LogP contribution >= 0.6 is 0 Å². The molecule has 2 atom stereocenters. The highest BCUT2D eigenvalue weighted by molar-refractivity contribution is 6.10. The number of carbonyl (C=O) groups excluding carboxylic acids is 3. The molecular weight excluding hydrogens is 452 g/mol. The summed E-state index contributed by atoms with van der Waals surface area (Å²) < 4.78 is 5.46. The molecule has 10 heteroatoms. The van der Waals surface area contributed by atoms with Gasteiger partial charge in [-0.25, -0.2) is 4.79 Å². The maximum absolute atomic E-state index is 13.7. The van der Waals surface area contributed by atoms with Crippen LogP contribution in [0.3, 0.4) is 0 Å². The second-order valence-electron chi connectivity index (χ2n) is 8.64. The number of esters is 1. The molecule has 1 fully saturated rings. The smallest absolute Gasteiger partial charge is 0.333 e. The SMILES string of the molecule is CCOC(=O)[C@]1([C@H]2CCN(C(=O)c3ccccc3[N+](=O)[O-])C2=O)NCCc2c1[nH]c1ccccc21. The monoisotopic (exact) mass is 476 g/mol. The van der Waals surface area contributed by atoms with E-state index in [1.807, 2.05) is 24.3 Å². The summed E-state index contributed by atoms with van der Waals surface area (Å²) in [6.07, 6.45) is 0.853. The van der Waals surface area contributed by atoms with Gasteiger partial charge in [-0.3, -0.25) is 29.9 Å². The number of para-hydroxylation sites is 2. The minimum absolute atomic E-state index is 0.0345. The van der Waals surface area contributed by atoms with Crippen LogP contribution in [0.1, 0.15) is 35.0 Å². The van der Waals surface area contributed by atoms with Crippen molar-refractivity contribution < 1.29 is 24.0 Å². The Morgan fingerprint density at radius 1 is 1.20 bits per heavy atom. The van der Waals surface area contributed by atoms with Gasteiger partial charge < -0.3 is 9.72 Å². The molecule has 2 N–H and O–H groups in total. The molecule has 0 bridgehead atoms. The number of rotatable bonds is 5. The van der Waals surface area contributed by atoms with Gasteiger partial charge in [0.2, 0.25) is 5.91 Å². The number of hydrogen-bond acceptors (Lipinski definition) is 7. The summed E-state index contributed by atoms with van der Waals surface area (Å²) in [5.41, 5.74) is 0.304. The molecule has 2 amide bonds. The lowest BCUT2D eigenvalue weighted by Gasteiger charge is -2.39. The minimum atomic E-state index is -1.50. The van der Waals surface area contributed by atoms with Gasteiger partial charge in [0.1, 0.15) is 5.56 Å². The molecule has 0 saturated carbocycles. The number of imide groups is 1. The van der Waals surface area contributed by atoms with E-state index < -0.39 is 34.2 Å². The van der Waals surface area contributed by atoms with E-state index in [0.29, 0.717) is 18.7 Å². The van der Waals surface area contributed by atoms with Crippen molar-refractivity contribution in [3.8, 4) is 0 Å². The van der Waals surface area contributed by atoms with E-state index in [9.17, 15) is 24.5 Å². The largest absolute Gasteiger partial charge is 0.464 e. The molecule has 0 aliphatic carbocycles. The maximum atomic E-state index is 13.7. The molecule has 1 aromatic heterocycles. The van der Waals surface area contributed by atoms with Crippen molar-refractivity contribution in [2.75, 3.05) is 19.7 Å². The minimum Gasteiger partial charge on any atom is -0.464 e. The van der Waals surface area contributed by atoms with Crippen molar-refractivity contribution in [1.82, 2.24) is 15.2 Å². The number of nitrogens with zero attached hydrogens (tertiary/aromatic N) is 2. The lowest BCUT2D eigenvalue weighted by molar-refractivity contribution is -0.385. The number of amides is 2. The molecule has 10 nitrogen and oxygen atoms in total. The van der Waals surface area contributed by atoms with Crippen LogP contribution in [0, 0.1) is 16.0 Å². The molecule has 0 radical (unpaired) electrons. The van der Waals surface area contributed by atoms with Crippen LogP contribution in [0.15, 0.2) is 48.5 Å². The molecule has 0 unspecified atom stereocenters. The van der Waals surface area contributed by atoms with E-state index in [-0.39, 0.29) is 30.8 Å². The van der Waals surface area contributed by atoms with Crippen molar-refractivity contribution in [2.45, 2.75) is 25.3 Å². The lowest BCUT2D eigenvalue weighted by atomic mass is 9.75. The lowest BCUT2D eigenvalue weighted by Crippen LogP contribution is -2.60. The van der Waals surface area contributed by atoms with E-state index >= 15 is 0 Å². The molecule has 2 aromatic carbocycles. The highest BCUT2D eigenvalue weighted by Crippen LogP contribution is 2.43. The predicted molar refractivity (Wildman–Crippen MR) is 126 cm³/mol. The third-order valence-electron chi connectivity index (χ3n) is 6.89. The van der Waals surface area contributed by atoms with Gasteiger partial charge in [-0.05, 0) is 37.5 Å². The standard InChI is InChI=1S/C25H24N4O6/c1-2-35-24(32)25(21-16(11-13-26-25)15-7-3-5-9-19(15)27-21)18-12-14-28(23(18)31)22(30)17-8-4-6-10-20(17)29(33)34/h3-10,18,26-27H,2,11-14H2,1H3/t18-,25+/m0/s1. The molecule has 180 valence electrons. The van der Waals surface area contributed by atoms with Crippen LogP contribution in [-0.2, 0) is 26.3 Å². The van der Waals surface area contributed by atoms with Crippen LogP contribution in [0.5, 0.6) is 0 Å². The fourth-order valence-electron chi connectivity index (χ4n) is 5.37. The molecule has 0 spiro atoms. The predicted octanol–water partition coefficient (Wildman–Crippen LogP) is 2.67. The summed E-state index contributed by atoms with van der Waals surface area (Å²) >= 11 is 0. The molecule has 2 aliphatic rings. The number of fused-ring (bicyclic) bond motifs is 3. The van der Waals surface area contributed by atoms with Crippen LogP contribution in [0.25, 0.3) is 10.9 Å². The van der Waals surface area contributed by atoms with Crippen molar-refractivity contribution in [3.63, 3.8) is 0 Å². The Morgan fingerprint density at radius 2 is 1.94 bits per heavy atom. The number of aromatic amines is 1. The number of carbonyl (C=O) groups is 3. The van der Waals surface area contributed by atoms with Gasteiger partial charge in [0.15, 0.2) is 5.54 Å². The number of nitrogens with one attached hydrogen (secondary N) is 2. The molecular formula is C25H24N4O6. The number of aromatic nitrogens is 1. The second kappa shape index (κ2) is 8.62. The Morgan fingerprint density at radius 3 is 2.71 bits per heavy atom. The summed E-state index contributed by atoms with van der Waals surface area (Å²) in [6, 6.07) is 13.2. The van der Waals surface area contributed by atoms with Crippen molar-refractivity contribution in [2.24, 2.45) is 5.92 Å². The fraction of sp³-hybridized carbons (Fsp3) is 0.320. The third kappa shape index (κ3) is 3.40. The molecule has 3 heterocycles. The first-order valence-corrected chi connectivity index (χ1v) is 11.5. The Labute approximate surface area is 200 Å². The maximum Gasteiger partial charge on any atom is 0.333 e. The fourth-order valence-corrected chi connectivity index (χ4v) is 5.37. The molecule has 35 heavy (non-hydrogen) atoms. The topological polar surface area (TPSA) is 135 Å². The first-order valence-electron chi connectivity index (χ1n) is 11.5. The van der Waals surface area contributed by atoms with E-state index in [2.05, 4.69) is 10.3 Å². The van der Waals surface area contributed by atoms with Gasteiger partial charge >= 0.3 is 5.97 Å². The van der Waals surface area contributed by atoms with Crippen LogP contribution in [-0.4, -0.2) is 52.3 Å². The molecule has 5 rings (SSSR count). The second-order valence-corrected chi connectivity index (χ2v) is 8.64. The van der Waals surface area contributed by atoms with Crippen LogP contribution in [0.2, 0.25) is 0 Å². The Bertz CT molecular complexity index is 1360. The molecule has 2 aliphatic heterocycles. The Balaban J connectivity index is 1.59. The average molecular weight is 476 g/mol. The van der Waals surface area contributed by atoms with E-state index in [0.717, 1.165) is 21.4 Å². The van der Waals surface area contributed by atoms with Gasteiger partial charge in [0.25, 0.3) is 11.6 Å². The van der Waals surface area contributed by atoms with E-state index in [1.54, 1.807) is 6.92 Å². The molecule has 1 saturated heterocycles. The normalized spacial score (nSPS) is 21.7. The van der Waals surface area contributed by atoms with Gasteiger partial charge in [0.05, 0.1) is 23.1 Å². The average Bonchev–Trinajstić information content (AvgIpc) is 3.44. The number of ether oxygens (including phenoxy) is 1. The Kier molecular flexibility index (Phi) is 5.60.